The van der Waals surface area contributed by atoms with Gasteiger partial charge < -0.3 is 34.3 Å². The van der Waals surface area contributed by atoms with Crippen LogP contribution in [0.5, 0.6) is 0 Å². The van der Waals surface area contributed by atoms with Gasteiger partial charge in [-0.2, -0.15) is 8.42 Å². The van der Waals surface area contributed by atoms with Crippen molar-refractivity contribution in [2.75, 3.05) is 19.0 Å². The topological polar surface area (TPSA) is 186 Å². The molecule has 0 aliphatic carbocycles. The van der Waals surface area contributed by atoms with Gasteiger partial charge in [0.1, 0.15) is 36.8 Å². The maximum atomic E-state index is 12.8. The number of rotatable bonds is 35. The number of unbranched alkanes of at least 4 members (excludes halogenated alkanes) is 17. The smallest absolute Gasteiger partial charge is 0.306 e. The number of esters is 2. The molecule has 0 amide bonds. The van der Waals surface area contributed by atoms with E-state index in [0.29, 0.717) is 12.8 Å². The van der Waals surface area contributed by atoms with Crippen molar-refractivity contribution in [3.63, 3.8) is 0 Å². The maximum Gasteiger partial charge on any atom is 0.306 e. The van der Waals surface area contributed by atoms with Crippen LogP contribution in [0.1, 0.15) is 168 Å². The van der Waals surface area contributed by atoms with Crippen molar-refractivity contribution in [2.24, 2.45) is 0 Å². The molecule has 0 saturated carbocycles. The van der Waals surface area contributed by atoms with Crippen molar-refractivity contribution in [1.82, 2.24) is 0 Å². The number of aliphatic hydroxyl groups is 3. The van der Waals surface area contributed by atoms with Crippen molar-refractivity contribution in [3.8, 4) is 0 Å². The fourth-order valence-corrected chi connectivity index (χ4v) is 7.09. The van der Waals surface area contributed by atoms with Gasteiger partial charge in [0.25, 0.3) is 10.1 Å². The Labute approximate surface area is 366 Å². The molecule has 0 spiro atoms. The molecule has 0 aromatic heterocycles. The van der Waals surface area contributed by atoms with Gasteiger partial charge in [0.05, 0.1) is 6.61 Å². The number of allylic oxidation sites excluding steroid dienone is 6. The summed E-state index contributed by atoms with van der Waals surface area (Å²) in [6.07, 6.45) is 27.6. The van der Waals surface area contributed by atoms with Crippen LogP contribution in [0.3, 0.4) is 0 Å². The Balaban J connectivity index is 0.0000314. The van der Waals surface area contributed by atoms with Gasteiger partial charge in [-0.15, -0.1) is 0 Å². The van der Waals surface area contributed by atoms with Gasteiger partial charge in [0.15, 0.2) is 12.4 Å². The fraction of sp³-hybridized carbons (Fsp3) is 0.814. The number of hydrogen-bond acceptors (Lipinski definition) is 11. The van der Waals surface area contributed by atoms with Crippen LogP contribution in [0.15, 0.2) is 36.5 Å². The summed E-state index contributed by atoms with van der Waals surface area (Å²) in [5.41, 5.74) is 0. The van der Waals surface area contributed by atoms with Crippen molar-refractivity contribution < 1.29 is 56.8 Å². The second-order valence-corrected chi connectivity index (χ2v) is 16.5. The van der Waals surface area contributed by atoms with E-state index in [2.05, 4.69) is 50.3 Å². The van der Waals surface area contributed by atoms with Gasteiger partial charge in [-0.1, -0.05) is 147 Å². The Morgan fingerprint density at radius 1 is 0.632 bits per heavy atom. The average molecular weight is 840 g/mol. The average Bonchev–Trinajstić information content (AvgIpc) is 3.16. The predicted molar refractivity (Wildman–Crippen MR) is 225 cm³/mol. The standard InChI is InChI=1S/C43H76O12S.Na/c1-3-5-7-9-11-13-15-17-18-20-21-23-25-27-29-31-38(44)52-33-36(34-53-43-42(48)41(47)40(46)37(55-43)35-56(49,50)51)54-39(45)32-30-28-26-24-22-19-16-14-12-10-8-6-4-2;/h5,7,11,13,17-18,36-37,40-43,46-48H,3-4,6,8-10,12,14-16,19-35H2,1-2H3,(H,49,50,51);/b7-5-,13-11-,18-17-;. The minimum absolute atomic E-state index is 0. The molecule has 1 heterocycles. The van der Waals surface area contributed by atoms with E-state index in [-0.39, 0.29) is 49.0 Å². The fourth-order valence-electron chi connectivity index (χ4n) is 6.40. The monoisotopic (exact) mass is 839 g/mol. The van der Waals surface area contributed by atoms with Crippen molar-refractivity contribution in [1.29, 1.82) is 0 Å². The summed E-state index contributed by atoms with van der Waals surface area (Å²) >= 11 is 0. The Morgan fingerprint density at radius 2 is 1.12 bits per heavy atom. The number of aliphatic hydroxyl groups excluding tert-OH is 3. The van der Waals surface area contributed by atoms with E-state index >= 15 is 0 Å². The molecule has 14 heteroatoms. The van der Waals surface area contributed by atoms with Crippen molar-refractivity contribution in [2.45, 2.75) is 205 Å². The van der Waals surface area contributed by atoms with Crippen LogP contribution in [-0.4, -0.2) is 126 Å². The van der Waals surface area contributed by atoms with Gasteiger partial charge in [-0.05, 0) is 44.9 Å². The van der Waals surface area contributed by atoms with Gasteiger partial charge in [-0.3, -0.25) is 14.1 Å². The van der Waals surface area contributed by atoms with Gasteiger partial charge in [0, 0.05) is 42.4 Å². The molecule has 6 atom stereocenters. The molecule has 1 radical (unpaired) electrons. The molecule has 4 N–H and O–H groups in total. The summed E-state index contributed by atoms with van der Waals surface area (Å²) in [6.45, 7) is 3.62. The number of hydrogen-bond donors (Lipinski definition) is 4. The third-order valence-corrected chi connectivity index (χ3v) is 10.5. The predicted octanol–water partition coefficient (Wildman–Crippen LogP) is 7.84. The molecule has 0 bridgehead atoms. The first-order valence-corrected chi connectivity index (χ1v) is 23.2. The third-order valence-electron chi connectivity index (χ3n) is 9.73. The van der Waals surface area contributed by atoms with Crippen LogP contribution in [-0.2, 0) is 38.7 Å². The Morgan fingerprint density at radius 3 is 1.67 bits per heavy atom. The summed E-state index contributed by atoms with van der Waals surface area (Å²) in [4.78, 5) is 25.3. The second-order valence-electron chi connectivity index (χ2n) is 15.0. The molecule has 0 aromatic rings. The third kappa shape index (κ3) is 31.4. The van der Waals surface area contributed by atoms with Crippen LogP contribution in [0.4, 0.5) is 0 Å². The molecule has 327 valence electrons. The molecule has 57 heavy (non-hydrogen) atoms. The summed E-state index contributed by atoms with van der Waals surface area (Å²) in [7, 11) is -4.60. The van der Waals surface area contributed by atoms with Crippen LogP contribution in [0.25, 0.3) is 0 Å². The van der Waals surface area contributed by atoms with Crippen LogP contribution >= 0.6 is 0 Å². The summed E-state index contributed by atoms with van der Waals surface area (Å²) in [5.74, 6) is -2.00. The van der Waals surface area contributed by atoms with E-state index in [1.165, 1.54) is 57.8 Å². The Hall–Kier alpha value is -1.13. The minimum atomic E-state index is -4.60. The molecule has 12 nitrogen and oxygen atoms in total. The SMILES string of the molecule is CC/C=C\C/C=C\C/C=C\CCCCCCCC(=O)OCC(COC1OC(CS(=O)(=O)O)C(O)C(O)C1O)OC(=O)CCCCCCCCCCCCCCC.[Na]. The normalized spacial score (nSPS) is 20.6. The molecular weight excluding hydrogens is 764 g/mol. The molecular formula is C43H76NaO12S. The zero-order chi connectivity index (χ0) is 41.3. The van der Waals surface area contributed by atoms with Gasteiger partial charge in [0.2, 0.25) is 0 Å². The number of carbonyl (C=O) groups excluding carboxylic acids is 2. The zero-order valence-electron chi connectivity index (χ0n) is 35.5. The first-order valence-electron chi connectivity index (χ1n) is 21.5. The zero-order valence-corrected chi connectivity index (χ0v) is 38.3. The van der Waals surface area contributed by atoms with E-state index in [4.69, 9.17) is 18.9 Å². The molecule has 6 unspecified atom stereocenters. The molecule has 1 aliphatic heterocycles. The second kappa shape index (κ2) is 36.7. The van der Waals surface area contributed by atoms with E-state index in [1.807, 2.05) is 0 Å². The van der Waals surface area contributed by atoms with Crippen LogP contribution < -0.4 is 0 Å². The first kappa shape index (κ1) is 55.9. The molecule has 1 saturated heterocycles. The molecule has 1 aliphatic rings. The van der Waals surface area contributed by atoms with E-state index < -0.39 is 71.2 Å². The number of ether oxygens (including phenoxy) is 4. The Kier molecular flexibility index (Phi) is 36.0. The van der Waals surface area contributed by atoms with Gasteiger partial charge >= 0.3 is 11.9 Å². The van der Waals surface area contributed by atoms with E-state index in [9.17, 15) is 37.9 Å². The van der Waals surface area contributed by atoms with Crippen molar-refractivity contribution >= 4 is 51.6 Å². The van der Waals surface area contributed by atoms with E-state index in [1.54, 1.807) is 0 Å². The molecule has 0 aromatic carbocycles. The number of carbonyl (C=O) groups is 2. The first-order chi connectivity index (χ1) is 27.0. The largest absolute Gasteiger partial charge is 0.462 e. The maximum absolute atomic E-state index is 12.8. The molecule has 1 fully saturated rings. The quantitative estimate of drug-likeness (QED) is 0.0160. The summed E-state index contributed by atoms with van der Waals surface area (Å²) in [5, 5.41) is 30.8. The summed E-state index contributed by atoms with van der Waals surface area (Å²) < 4.78 is 54.0. The van der Waals surface area contributed by atoms with Crippen LogP contribution in [0.2, 0.25) is 0 Å². The summed E-state index contributed by atoms with van der Waals surface area (Å²) in [6, 6.07) is 0. The van der Waals surface area contributed by atoms with E-state index in [0.717, 1.165) is 70.6 Å². The molecule has 1 rings (SSSR count). The van der Waals surface area contributed by atoms with Gasteiger partial charge in [-0.25, -0.2) is 0 Å². The Bertz CT molecular complexity index is 1190. The van der Waals surface area contributed by atoms with Crippen molar-refractivity contribution in [3.05, 3.63) is 36.5 Å². The van der Waals surface area contributed by atoms with Crippen LogP contribution in [0, 0.1) is 0 Å². The minimum Gasteiger partial charge on any atom is -0.462 e.